The zero-order valence-electron chi connectivity index (χ0n) is 16.1. The smallest absolute Gasteiger partial charge is 0.216 e. The number of carbonyl (C=O) groups is 2. The van der Waals surface area contributed by atoms with Crippen molar-refractivity contribution in [3.8, 4) is 0 Å². The average Bonchev–Trinajstić information content (AvgIpc) is 2.57. The number of amides is 1. The predicted molar refractivity (Wildman–Crippen MR) is 99.1 cm³/mol. The van der Waals surface area contributed by atoms with E-state index in [1.165, 1.54) is 57.8 Å². The molecule has 8 bridgehead atoms. The molecule has 1 amide bonds. The lowest BCUT2D eigenvalue weighted by Crippen LogP contribution is -2.64. The first-order valence-electron chi connectivity index (χ1n) is 11.3. The van der Waals surface area contributed by atoms with Crippen LogP contribution >= 0.6 is 0 Å². The molecular formula is C23H33NO2. The first-order chi connectivity index (χ1) is 12.5. The summed E-state index contributed by atoms with van der Waals surface area (Å²) < 4.78 is 0. The van der Waals surface area contributed by atoms with E-state index in [0.717, 1.165) is 36.1 Å². The van der Waals surface area contributed by atoms with E-state index in [1.54, 1.807) is 6.92 Å². The third-order valence-electron chi connectivity index (χ3n) is 9.90. The maximum atomic E-state index is 13.6. The van der Waals surface area contributed by atoms with Crippen LogP contribution in [0.3, 0.4) is 0 Å². The van der Waals surface area contributed by atoms with Crippen molar-refractivity contribution in [3.63, 3.8) is 0 Å². The predicted octanol–water partition coefficient (Wildman–Crippen LogP) is 3.82. The summed E-state index contributed by atoms with van der Waals surface area (Å²) in [5.41, 5.74) is 0.0475. The Kier molecular flexibility index (Phi) is 3.32. The molecule has 0 saturated heterocycles. The van der Waals surface area contributed by atoms with Gasteiger partial charge in [0.05, 0.1) is 0 Å². The Morgan fingerprint density at radius 1 is 0.962 bits per heavy atom. The molecule has 8 unspecified atom stereocenters. The Morgan fingerprint density at radius 2 is 1.69 bits per heavy atom. The highest BCUT2D eigenvalue weighted by atomic mass is 16.1. The summed E-state index contributed by atoms with van der Waals surface area (Å²) in [6.07, 6.45) is 11.7. The largest absolute Gasteiger partial charge is 0.356 e. The third-order valence-corrected chi connectivity index (χ3v) is 9.90. The second kappa shape index (κ2) is 5.35. The molecule has 1 N–H and O–H groups in total. The molecule has 8 saturated carbocycles. The van der Waals surface area contributed by atoms with Crippen LogP contribution in [0, 0.1) is 58.7 Å². The lowest BCUT2D eigenvalue weighted by molar-refractivity contribution is -0.191. The van der Waals surface area contributed by atoms with Gasteiger partial charge in [0, 0.05) is 24.8 Å². The van der Waals surface area contributed by atoms with Crippen molar-refractivity contribution in [2.75, 3.05) is 6.54 Å². The van der Waals surface area contributed by atoms with Crippen LogP contribution in [0.5, 0.6) is 0 Å². The number of Topliss-reactive ketones (excluding diaryl/α,β-unsaturated/α-hetero) is 1. The number of hydrogen-bond donors (Lipinski definition) is 1. The van der Waals surface area contributed by atoms with Gasteiger partial charge in [0.15, 0.2) is 0 Å². The van der Waals surface area contributed by atoms with Crippen LogP contribution in [0.15, 0.2) is 0 Å². The monoisotopic (exact) mass is 355 g/mol. The van der Waals surface area contributed by atoms with Gasteiger partial charge in [-0.15, -0.1) is 0 Å². The van der Waals surface area contributed by atoms with Gasteiger partial charge in [-0.1, -0.05) is 0 Å². The third kappa shape index (κ3) is 2.06. The topological polar surface area (TPSA) is 46.2 Å². The van der Waals surface area contributed by atoms with Gasteiger partial charge in [0.1, 0.15) is 5.78 Å². The van der Waals surface area contributed by atoms with Crippen LogP contribution in [0.4, 0.5) is 0 Å². The number of rotatable bonds is 3. The van der Waals surface area contributed by atoms with Crippen molar-refractivity contribution in [1.29, 1.82) is 0 Å². The Labute approximate surface area is 157 Å². The zero-order chi connectivity index (χ0) is 17.6. The quantitative estimate of drug-likeness (QED) is 0.836. The van der Waals surface area contributed by atoms with Crippen molar-refractivity contribution in [3.05, 3.63) is 0 Å². The highest BCUT2D eigenvalue weighted by molar-refractivity contribution is 5.89. The van der Waals surface area contributed by atoms with E-state index in [-0.39, 0.29) is 11.3 Å². The van der Waals surface area contributed by atoms with Gasteiger partial charge in [-0.25, -0.2) is 0 Å². The summed E-state index contributed by atoms with van der Waals surface area (Å²) in [7, 11) is 0. The van der Waals surface area contributed by atoms with E-state index >= 15 is 0 Å². The molecule has 8 rings (SSSR count). The second-order valence-corrected chi connectivity index (χ2v) is 11.2. The van der Waals surface area contributed by atoms with Crippen molar-refractivity contribution in [1.82, 2.24) is 5.32 Å². The minimum Gasteiger partial charge on any atom is -0.356 e. The van der Waals surface area contributed by atoms with Crippen LogP contribution in [-0.4, -0.2) is 18.2 Å². The highest BCUT2D eigenvalue weighted by Gasteiger charge is 2.66. The Bertz CT molecular complexity index is 643. The van der Waals surface area contributed by atoms with E-state index in [0.29, 0.717) is 29.5 Å². The number of ketones is 1. The van der Waals surface area contributed by atoms with E-state index < -0.39 is 0 Å². The Hall–Kier alpha value is -0.860. The fourth-order valence-electron chi connectivity index (χ4n) is 9.75. The Morgan fingerprint density at radius 3 is 2.42 bits per heavy atom. The molecule has 8 aliphatic carbocycles. The first-order valence-corrected chi connectivity index (χ1v) is 11.3. The van der Waals surface area contributed by atoms with Crippen molar-refractivity contribution in [2.45, 2.75) is 64.7 Å². The molecule has 0 aromatic heterocycles. The van der Waals surface area contributed by atoms with E-state index in [9.17, 15) is 9.59 Å². The van der Waals surface area contributed by atoms with E-state index in [1.807, 2.05) is 0 Å². The molecule has 0 spiro atoms. The molecular weight excluding hydrogens is 322 g/mol. The summed E-state index contributed by atoms with van der Waals surface area (Å²) >= 11 is 0. The van der Waals surface area contributed by atoms with Crippen LogP contribution in [-0.2, 0) is 9.59 Å². The van der Waals surface area contributed by atoms with Gasteiger partial charge in [-0.2, -0.15) is 0 Å². The lowest BCUT2D eigenvalue weighted by Gasteiger charge is -2.67. The minimum atomic E-state index is 0.0475. The normalized spacial score (nSPS) is 56.2. The fourth-order valence-corrected chi connectivity index (χ4v) is 9.75. The summed E-state index contributed by atoms with van der Waals surface area (Å²) in [5.74, 6) is 7.43. The van der Waals surface area contributed by atoms with Gasteiger partial charge in [-0.05, 0) is 105 Å². The number of carbonyl (C=O) groups excluding carboxylic acids is 2. The molecule has 0 aromatic rings. The molecule has 8 aliphatic rings. The van der Waals surface area contributed by atoms with Gasteiger partial charge in [0.25, 0.3) is 0 Å². The standard InChI is InChI=1S/C23H33NO2/c1-12(25)24-11-20-16-3-13-4-17(8-16)21(19(20)7-13)23-9-14-2-15(10-23)6-18(5-14)22(23)26/h13-21H,2-11H2,1H3,(H,24,25). The first kappa shape index (κ1) is 16.1. The summed E-state index contributed by atoms with van der Waals surface area (Å²) in [5, 5.41) is 3.16. The van der Waals surface area contributed by atoms with Crippen LogP contribution in [0.2, 0.25) is 0 Å². The van der Waals surface area contributed by atoms with Gasteiger partial charge >= 0.3 is 0 Å². The van der Waals surface area contributed by atoms with Gasteiger partial charge in [-0.3, -0.25) is 9.59 Å². The van der Waals surface area contributed by atoms with E-state index in [4.69, 9.17) is 0 Å². The second-order valence-electron chi connectivity index (χ2n) is 11.2. The SMILES string of the molecule is CC(=O)NCC1C2CC3CC(C2)C(C24CC5CC(CC(C5)C2=O)C4)C1C3. The molecule has 3 heteroatoms. The van der Waals surface area contributed by atoms with Crippen molar-refractivity contribution >= 4 is 11.7 Å². The van der Waals surface area contributed by atoms with Crippen molar-refractivity contribution < 1.29 is 9.59 Å². The molecule has 0 aromatic carbocycles. The average molecular weight is 356 g/mol. The highest BCUT2D eigenvalue weighted by Crippen LogP contribution is 2.70. The molecule has 0 radical (unpaired) electrons. The number of nitrogens with one attached hydrogen (secondary N) is 1. The van der Waals surface area contributed by atoms with Crippen LogP contribution < -0.4 is 5.32 Å². The molecule has 142 valence electrons. The van der Waals surface area contributed by atoms with Gasteiger partial charge < -0.3 is 5.32 Å². The molecule has 0 heterocycles. The maximum absolute atomic E-state index is 13.6. The van der Waals surface area contributed by atoms with Crippen LogP contribution in [0.1, 0.15) is 64.7 Å². The maximum Gasteiger partial charge on any atom is 0.216 e. The molecule has 3 nitrogen and oxygen atoms in total. The fraction of sp³-hybridized carbons (Fsp3) is 0.913. The molecule has 8 fully saturated rings. The molecule has 8 atom stereocenters. The Balaban J connectivity index is 1.36. The molecule has 0 aliphatic heterocycles. The zero-order valence-corrected chi connectivity index (χ0v) is 16.1. The van der Waals surface area contributed by atoms with Gasteiger partial charge in [0.2, 0.25) is 5.91 Å². The number of hydrogen-bond acceptors (Lipinski definition) is 2. The lowest BCUT2D eigenvalue weighted by atomic mass is 9.37. The molecule has 26 heavy (non-hydrogen) atoms. The summed E-state index contributed by atoms with van der Waals surface area (Å²) in [6.45, 7) is 2.51. The summed E-state index contributed by atoms with van der Waals surface area (Å²) in [4.78, 5) is 25.2. The van der Waals surface area contributed by atoms with Crippen LogP contribution in [0.25, 0.3) is 0 Å². The summed E-state index contributed by atoms with van der Waals surface area (Å²) in [6, 6.07) is 0. The van der Waals surface area contributed by atoms with Crippen molar-refractivity contribution in [2.24, 2.45) is 58.7 Å². The van der Waals surface area contributed by atoms with E-state index in [2.05, 4.69) is 5.32 Å². The minimum absolute atomic E-state index is 0.0475.